The van der Waals surface area contributed by atoms with Crippen LogP contribution in [0.3, 0.4) is 0 Å². The van der Waals surface area contributed by atoms with Gasteiger partial charge in [0.2, 0.25) is 5.91 Å². The van der Waals surface area contributed by atoms with Gasteiger partial charge in [0.25, 0.3) is 0 Å². The van der Waals surface area contributed by atoms with Gasteiger partial charge in [-0.05, 0) is 36.4 Å². The number of hydrogen-bond donors (Lipinski definition) is 2. The van der Waals surface area contributed by atoms with Crippen molar-refractivity contribution >= 4 is 5.91 Å². The van der Waals surface area contributed by atoms with Gasteiger partial charge in [-0.25, -0.2) is 0 Å². The first-order valence-electron chi connectivity index (χ1n) is 7.73. The normalized spacial score (nSPS) is 12.1. The fraction of sp³-hybridized carbons (Fsp3) is 0.588. The quantitative estimate of drug-likeness (QED) is 0.696. The number of hydrogen-bond acceptors (Lipinski definition) is 3. The average molecular weight is 292 g/mol. The van der Waals surface area contributed by atoms with E-state index in [-0.39, 0.29) is 5.91 Å². The van der Waals surface area contributed by atoms with Crippen LogP contribution in [0.15, 0.2) is 24.3 Å². The van der Waals surface area contributed by atoms with Crippen molar-refractivity contribution in [2.24, 2.45) is 11.7 Å². The van der Waals surface area contributed by atoms with Gasteiger partial charge in [0.1, 0.15) is 0 Å². The fourth-order valence-corrected chi connectivity index (χ4v) is 2.43. The summed E-state index contributed by atoms with van der Waals surface area (Å²) >= 11 is 0. The van der Waals surface area contributed by atoms with E-state index in [1.54, 1.807) is 7.11 Å². The number of nitrogens with two attached hydrogens (primary N) is 1. The summed E-state index contributed by atoms with van der Waals surface area (Å²) in [7, 11) is 1.68. The van der Waals surface area contributed by atoms with Crippen molar-refractivity contribution in [3.63, 3.8) is 0 Å². The Morgan fingerprint density at radius 3 is 2.62 bits per heavy atom. The first kappa shape index (κ1) is 17.7. The van der Waals surface area contributed by atoms with Crippen molar-refractivity contribution in [3.8, 4) is 0 Å². The molecule has 1 rings (SSSR count). The maximum absolute atomic E-state index is 11.9. The third kappa shape index (κ3) is 6.74. The zero-order valence-corrected chi connectivity index (χ0v) is 13.2. The van der Waals surface area contributed by atoms with Gasteiger partial charge in [0.05, 0.1) is 6.61 Å². The van der Waals surface area contributed by atoms with Crippen LogP contribution in [0, 0.1) is 5.92 Å². The molecular weight excluding hydrogens is 264 g/mol. The number of nitrogens with one attached hydrogen (secondary N) is 1. The van der Waals surface area contributed by atoms with Gasteiger partial charge in [0.15, 0.2) is 0 Å². The Morgan fingerprint density at radius 2 is 2.00 bits per heavy atom. The second-order valence-electron chi connectivity index (χ2n) is 5.37. The molecule has 1 aromatic carbocycles. The molecular formula is C17H28N2O2. The van der Waals surface area contributed by atoms with Gasteiger partial charge in [-0.1, -0.05) is 37.6 Å². The van der Waals surface area contributed by atoms with E-state index in [1.807, 2.05) is 24.3 Å². The van der Waals surface area contributed by atoms with Gasteiger partial charge in [0, 0.05) is 20.1 Å². The van der Waals surface area contributed by atoms with Crippen LogP contribution in [0.2, 0.25) is 0 Å². The Balaban J connectivity index is 2.39. The molecule has 3 N–H and O–H groups in total. The van der Waals surface area contributed by atoms with Crippen LogP contribution in [-0.2, 0) is 22.7 Å². The molecule has 1 amide bonds. The van der Waals surface area contributed by atoms with Crippen molar-refractivity contribution in [3.05, 3.63) is 35.4 Å². The van der Waals surface area contributed by atoms with Gasteiger partial charge in [-0.3, -0.25) is 4.79 Å². The molecule has 1 unspecified atom stereocenters. The largest absolute Gasteiger partial charge is 0.380 e. The lowest BCUT2D eigenvalue weighted by atomic mass is 9.96. The smallest absolute Gasteiger partial charge is 0.220 e. The van der Waals surface area contributed by atoms with Crippen LogP contribution in [0.1, 0.15) is 43.7 Å². The molecule has 0 aliphatic heterocycles. The van der Waals surface area contributed by atoms with Crippen LogP contribution in [0.5, 0.6) is 0 Å². The maximum atomic E-state index is 11.9. The Hall–Kier alpha value is -1.39. The van der Waals surface area contributed by atoms with E-state index in [9.17, 15) is 4.79 Å². The number of rotatable bonds is 10. The first-order chi connectivity index (χ1) is 10.2. The molecule has 0 saturated carbocycles. The first-order valence-corrected chi connectivity index (χ1v) is 7.73. The molecule has 21 heavy (non-hydrogen) atoms. The van der Waals surface area contributed by atoms with Crippen LogP contribution >= 0.6 is 0 Å². The number of methoxy groups -OCH3 is 1. The predicted octanol–water partition coefficient (Wildman–Crippen LogP) is 2.60. The number of ether oxygens (including phenoxy) is 1. The van der Waals surface area contributed by atoms with Gasteiger partial charge in [-0.15, -0.1) is 0 Å². The molecule has 0 aliphatic rings. The van der Waals surface area contributed by atoms with Crippen molar-refractivity contribution in [1.82, 2.24) is 5.32 Å². The Bertz CT molecular complexity index is 421. The molecule has 0 radical (unpaired) electrons. The van der Waals surface area contributed by atoms with Crippen molar-refractivity contribution in [2.75, 3.05) is 13.7 Å². The van der Waals surface area contributed by atoms with E-state index in [2.05, 4.69) is 12.2 Å². The third-order valence-electron chi connectivity index (χ3n) is 3.83. The molecule has 0 spiro atoms. The molecule has 0 heterocycles. The number of carbonyl (C=O) groups excluding carboxylic acids is 1. The van der Waals surface area contributed by atoms with Gasteiger partial charge < -0.3 is 15.8 Å². The zero-order chi connectivity index (χ0) is 15.5. The van der Waals surface area contributed by atoms with Crippen molar-refractivity contribution in [2.45, 2.75) is 45.8 Å². The summed E-state index contributed by atoms with van der Waals surface area (Å²) in [5.41, 5.74) is 7.81. The molecule has 0 aliphatic carbocycles. The fourth-order valence-electron chi connectivity index (χ4n) is 2.43. The van der Waals surface area contributed by atoms with Gasteiger partial charge >= 0.3 is 0 Å². The summed E-state index contributed by atoms with van der Waals surface area (Å²) in [6.45, 7) is 3.98. The highest BCUT2D eigenvalue weighted by Gasteiger charge is 2.09. The molecule has 0 saturated heterocycles. The lowest BCUT2D eigenvalue weighted by Gasteiger charge is -2.14. The molecule has 1 aromatic rings. The summed E-state index contributed by atoms with van der Waals surface area (Å²) in [4.78, 5) is 11.9. The molecule has 0 bridgehead atoms. The highest BCUT2D eigenvalue weighted by atomic mass is 16.5. The predicted molar refractivity (Wildman–Crippen MR) is 85.7 cm³/mol. The van der Waals surface area contributed by atoms with E-state index in [0.29, 0.717) is 32.0 Å². The monoisotopic (exact) mass is 292 g/mol. The lowest BCUT2D eigenvalue weighted by Crippen LogP contribution is -2.24. The Morgan fingerprint density at radius 1 is 1.29 bits per heavy atom. The summed E-state index contributed by atoms with van der Waals surface area (Å²) in [6.07, 6.45) is 3.58. The zero-order valence-electron chi connectivity index (χ0n) is 13.2. The second-order valence-corrected chi connectivity index (χ2v) is 5.37. The van der Waals surface area contributed by atoms with Crippen molar-refractivity contribution in [1.29, 1.82) is 0 Å². The molecule has 4 heteroatoms. The third-order valence-corrected chi connectivity index (χ3v) is 3.83. The lowest BCUT2D eigenvalue weighted by molar-refractivity contribution is -0.121. The minimum Gasteiger partial charge on any atom is -0.380 e. The number of amides is 1. The van der Waals surface area contributed by atoms with E-state index < -0.39 is 0 Å². The van der Waals surface area contributed by atoms with Gasteiger partial charge in [-0.2, -0.15) is 0 Å². The Labute approximate surface area is 128 Å². The topological polar surface area (TPSA) is 64.4 Å². The molecule has 1 atom stereocenters. The number of carbonyl (C=O) groups is 1. The molecule has 118 valence electrons. The van der Waals surface area contributed by atoms with Crippen LogP contribution in [0.25, 0.3) is 0 Å². The average Bonchev–Trinajstić information content (AvgIpc) is 2.50. The highest BCUT2D eigenvalue weighted by molar-refractivity contribution is 5.75. The van der Waals surface area contributed by atoms with Crippen LogP contribution in [0.4, 0.5) is 0 Å². The van der Waals surface area contributed by atoms with Crippen LogP contribution in [-0.4, -0.2) is 19.6 Å². The van der Waals surface area contributed by atoms with E-state index in [0.717, 1.165) is 30.4 Å². The molecule has 0 aromatic heterocycles. The van der Waals surface area contributed by atoms with Crippen LogP contribution < -0.4 is 11.1 Å². The van der Waals surface area contributed by atoms with E-state index >= 15 is 0 Å². The minimum atomic E-state index is 0.109. The second kappa shape index (κ2) is 10.4. The Kier molecular flexibility index (Phi) is 8.71. The SMILES string of the molecule is CCC(CCN)CCC(=O)NCc1ccccc1COC. The van der Waals surface area contributed by atoms with E-state index in [1.165, 1.54) is 0 Å². The summed E-state index contributed by atoms with van der Waals surface area (Å²) < 4.78 is 5.17. The summed E-state index contributed by atoms with van der Waals surface area (Å²) in [5, 5.41) is 2.99. The maximum Gasteiger partial charge on any atom is 0.220 e. The summed E-state index contributed by atoms with van der Waals surface area (Å²) in [5.74, 6) is 0.666. The number of benzene rings is 1. The van der Waals surface area contributed by atoms with Crippen molar-refractivity contribution < 1.29 is 9.53 Å². The summed E-state index contributed by atoms with van der Waals surface area (Å²) in [6, 6.07) is 8.02. The van der Waals surface area contributed by atoms with E-state index in [4.69, 9.17) is 10.5 Å². The molecule has 0 fully saturated rings. The highest BCUT2D eigenvalue weighted by Crippen LogP contribution is 2.14. The minimum absolute atomic E-state index is 0.109. The molecule has 4 nitrogen and oxygen atoms in total. The standard InChI is InChI=1S/C17H28N2O2/c1-3-14(10-11-18)8-9-17(20)19-12-15-6-4-5-7-16(15)13-21-2/h4-7,14H,3,8-13,18H2,1-2H3,(H,19,20).